The zero-order valence-corrected chi connectivity index (χ0v) is 14.8. The SMILES string of the molecule is CCOc1ccc(CNc2ccc(Oc3ccccc3)cc2)cc1Cl. The summed E-state index contributed by atoms with van der Waals surface area (Å²) in [6, 6.07) is 23.4. The Hall–Kier alpha value is -2.65. The highest BCUT2D eigenvalue weighted by Gasteiger charge is 2.03. The molecular weight excluding hydrogens is 334 g/mol. The Morgan fingerprint density at radius 2 is 1.60 bits per heavy atom. The van der Waals surface area contributed by atoms with Gasteiger partial charge in [-0.3, -0.25) is 0 Å². The van der Waals surface area contributed by atoms with Crippen LogP contribution in [0.15, 0.2) is 72.8 Å². The average molecular weight is 354 g/mol. The Morgan fingerprint density at radius 3 is 2.28 bits per heavy atom. The molecule has 0 aromatic heterocycles. The van der Waals surface area contributed by atoms with E-state index < -0.39 is 0 Å². The number of para-hydroxylation sites is 1. The summed E-state index contributed by atoms with van der Waals surface area (Å²) in [5.41, 5.74) is 2.11. The maximum Gasteiger partial charge on any atom is 0.137 e. The molecule has 0 bridgehead atoms. The standard InChI is InChI=1S/C21H20ClNO2/c1-2-24-21-13-8-16(14-20(21)22)15-23-17-9-11-19(12-10-17)25-18-6-4-3-5-7-18/h3-14,23H,2,15H2,1H3. The summed E-state index contributed by atoms with van der Waals surface area (Å²) >= 11 is 6.22. The highest BCUT2D eigenvalue weighted by atomic mass is 35.5. The van der Waals surface area contributed by atoms with Crippen LogP contribution in [0.3, 0.4) is 0 Å². The fourth-order valence-electron chi connectivity index (χ4n) is 2.40. The number of halogens is 1. The van der Waals surface area contributed by atoms with Gasteiger partial charge in [0, 0.05) is 12.2 Å². The van der Waals surface area contributed by atoms with Crippen molar-refractivity contribution in [2.75, 3.05) is 11.9 Å². The normalized spacial score (nSPS) is 10.3. The number of hydrogen-bond donors (Lipinski definition) is 1. The second-order valence-corrected chi connectivity index (χ2v) is 5.90. The lowest BCUT2D eigenvalue weighted by Crippen LogP contribution is -2.00. The van der Waals surface area contributed by atoms with E-state index in [1.165, 1.54) is 0 Å². The van der Waals surface area contributed by atoms with Crippen LogP contribution in [0.4, 0.5) is 5.69 Å². The minimum Gasteiger partial charge on any atom is -0.492 e. The maximum absolute atomic E-state index is 6.22. The molecule has 0 aliphatic carbocycles. The van der Waals surface area contributed by atoms with Gasteiger partial charge in [-0.05, 0) is 61.0 Å². The minimum absolute atomic E-state index is 0.606. The maximum atomic E-state index is 6.22. The molecule has 0 unspecified atom stereocenters. The van der Waals surface area contributed by atoms with Crippen LogP contribution in [0.1, 0.15) is 12.5 Å². The third-order valence-electron chi connectivity index (χ3n) is 3.63. The Balaban J connectivity index is 1.57. The van der Waals surface area contributed by atoms with Crippen molar-refractivity contribution in [3.05, 3.63) is 83.4 Å². The van der Waals surface area contributed by atoms with Crippen molar-refractivity contribution < 1.29 is 9.47 Å². The molecule has 25 heavy (non-hydrogen) atoms. The van der Waals surface area contributed by atoms with Gasteiger partial charge in [0.2, 0.25) is 0 Å². The second-order valence-electron chi connectivity index (χ2n) is 5.49. The van der Waals surface area contributed by atoms with Crippen LogP contribution in [0.25, 0.3) is 0 Å². The molecule has 3 aromatic rings. The minimum atomic E-state index is 0.606. The van der Waals surface area contributed by atoms with Gasteiger partial charge in [0.25, 0.3) is 0 Å². The number of anilines is 1. The first kappa shape index (κ1) is 17.2. The van der Waals surface area contributed by atoms with Crippen LogP contribution in [-0.2, 0) is 6.54 Å². The summed E-state index contributed by atoms with van der Waals surface area (Å²) in [6.07, 6.45) is 0. The average Bonchev–Trinajstić information content (AvgIpc) is 2.64. The Labute approximate surface area is 153 Å². The molecule has 1 N–H and O–H groups in total. The molecule has 128 valence electrons. The van der Waals surface area contributed by atoms with Gasteiger partial charge in [0.1, 0.15) is 17.2 Å². The van der Waals surface area contributed by atoms with Gasteiger partial charge in [-0.1, -0.05) is 35.9 Å². The first-order valence-corrected chi connectivity index (χ1v) is 8.60. The van der Waals surface area contributed by atoms with E-state index in [-0.39, 0.29) is 0 Å². The molecule has 0 spiro atoms. The van der Waals surface area contributed by atoms with Gasteiger partial charge in [-0.15, -0.1) is 0 Å². The zero-order valence-electron chi connectivity index (χ0n) is 14.0. The summed E-state index contributed by atoms with van der Waals surface area (Å²) in [5, 5.41) is 4.01. The number of nitrogens with one attached hydrogen (secondary N) is 1. The molecule has 0 atom stereocenters. The number of ether oxygens (including phenoxy) is 2. The van der Waals surface area contributed by atoms with Gasteiger partial charge in [-0.25, -0.2) is 0 Å². The number of rotatable bonds is 7. The van der Waals surface area contributed by atoms with Gasteiger partial charge < -0.3 is 14.8 Å². The van der Waals surface area contributed by atoms with Crippen LogP contribution in [-0.4, -0.2) is 6.61 Å². The topological polar surface area (TPSA) is 30.5 Å². The highest BCUT2D eigenvalue weighted by molar-refractivity contribution is 6.32. The van der Waals surface area contributed by atoms with E-state index in [1.54, 1.807) is 0 Å². The summed E-state index contributed by atoms with van der Waals surface area (Å²) in [4.78, 5) is 0. The molecule has 3 rings (SSSR count). The monoisotopic (exact) mass is 353 g/mol. The van der Waals surface area contributed by atoms with E-state index in [1.807, 2.05) is 79.7 Å². The predicted molar refractivity (Wildman–Crippen MR) is 103 cm³/mol. The highest BCUT2D eigenvalue weighted by Crippen LogP contribution is 2.26. The summed E-state index contributed by atoms with van der Waals surface area (Å²) in [7, 11) is 0. The number of benzene rings is 3. The van der Waals surface area contributed by atoms with E-state index in [9.17, 15) is 0 Å². The van der Waals surface area contributed by atoms with E-state index >= 15 is 0 Å². The number of hydrogen-bond acceptors (Lipinski definition) is 3. The third kappa shape index (κ3) is 4.91. The molecule has 4 heteroatoms. The van der Waals surface area contributed by atoms with E-state index in [0.29, 0.717) is 18.2 Å². The lowest BCUT2D eigenvalue weighted by molar-refractivity contribution is 0.340. The molecule has 0 heterocycles. The van der Waals surface area contributed by atoms with Crippen molar-refractivity contribution >= 4 is 17.3 Å². The second kappa shape index (κ2) is 8.45. The van der Waals surface area contributed by atoms with Crippen LogP contribution in [0, 0.1) is 0 Å². The van der Waals surface area contributed by atoms with Crippen LogP contribution in [0.5, 0.6) is 17.2 Å². The van der Waals surface area contributed by atoms with Crippen molar-refractivity contribution in [2.45, 2.75) is 13.5 Å². The third-order valence-corrected chi connectivity index (χ3v) is 3.92. The first-order chi connectivity index (χ1) is 12.2. The Bertz CT molecular complexity index is 804. The molecule has 0 saturated heterocycles. The summed E-state index contributed by atoms with van der Waals surface area (Å²) in [5.74, 6) is 2.35. The summed E-state index contributed by atoms with van der Waals surface area (Å²) < 4.78 is 11.2. The largest absolute Gasteiger partial charge is 0.492 e. The molecule has 0 fully saturated rings. The molecule has 0 amide bonds. The van der Waals surface area contributed by atoms with Crippen LogP contribution >= 0.6 is 11.6 Å². The van der Waals surface area contributed by atoms with Crippen molar-refractivity contribution in [1.29, 1.82) is 0 Å². The van der Waals surface area contributed by atoms with Gasteiger partial charge in [0.05, 0.1) is 11.6 Å². The van der Waals surface area contributed by atoms with Crippen LogP contribution in [0.2, 0.25) is 5.02 Å². The van der Waals surface area contributed by atoms with Crippen molar-refractivity contribution in [2.24, 2.45) is 0 Å². The smallest absolute Gasteiger partial charge is 0.137 e. The lowest BCUT2D eigenvalue weighted by Gasteiger charge is -2.10. The van der Waals surface area contributed by atoms with Gasteiger partial charge >= 0.3 is 0 Å². The fraction of sp³-hybridized carbons (Fsp3) is 0.143. The molecule has 3 aromatic carbocycles. The van der Waals surface area contributed by atoms with Gasteiger partial charge in [0.15, 0.2) is 0 Å². The zero-order chi connectivity index (χ0) is 17.5. The van der Waals surface area contributed by atoms with Crippen LogP contribution < -0.4 is 14.8 Å². The van der Waals surface area contributed by atoms with Gasteiger partial charge in [-0.2, -0.15) is 0 Å². The van der Waals surface area contributed by atoms with E-state index in [0.717, 1.165) is 28.5 Å². The quantitative estimate of drug-likeness (QED) is 0.553. The van der Waals surface area contributed by atoms with E-state index in [2.05, 4.69) is 5.32 Å². The molecule has 0 aliphatic heterocycles. The summed E-state index contributed by atoms with van der Waals surface area (Å²) in [6.45, 7) is 3.23. The lowest BCUT2D eigenvalue weighted by atomic mass is 10.2. The Morgan fingerprint density at radius 1 is 0.880 bits per heavy atom. The fourth-order valence-corrected chi connectivity index (χ4v) is 2.65. The molecule has 0 radical (unpaired) electrons. The molecule has 0 aliphatic rings. The van der Waals surface area contributed by atoms with Crippen molar-refractivity contribution in [3.63, 3.8) is 0 Å². The Kier molecular flexibility index (Phi) is 5.81. The first-order valence-electron chi connectivity index (χ1n) is 8.22. The molecule has 0 saturated carbocycles. The molecular formula is C21H20ClNO2. The molecule has 3 nitrogen and oxygen atoms in total. The van der Waals surface area contributed by atoms with E-state index in [4.69, 9.17) is 21.1 Å². The van der Waals surface area contributed by atoms with Crippen molar-refractivity contribution in [1.82, 2.24) is 0 Å². The van der Waals surface area contributed by atoms with Crippen molar-refractivity contribution in [3.8, 4) is 17.2 Å². The predicted octanol–water partition coefficient (Wildman–Crippen LogP) is 6.14.